The van der Waals surface area contributed by atoms with E-state index >= 15 is 0 Å². The van der Waals surface area contributed by atoms with E-state index in [0.29, 0.717) is 0 Å². The van der Waals surface area contributed by atoms with Crippen LogP contribution in [0.15, 0.2) is 3.50 Å². The molecule has 0 radical (unpaired) electrons. The number of carbonyl (C=O) groups excluding carboxylic acids is 2. The summed E-state index contributed by atoms with van der Waals surface area (Å²) in [6, 6.07) is -0.819. The molecule has 0 aliphatic rings. The molecule has 0 aliphatic heterocycles. The molecule has 0 aromatic rings. The molecule has 2 amide bonds. The van der Waals surface area contributed by atoms with Gasteiger partial charge in [-0.2, -0.15) is 0 Å². The van der Waals surface area contributed by atoms with E-state index in [1.807, 2.05) is 0 Å². The Hall–Kier alpha value is -0.253. The zero-order valence-electron chi connectivity index (χ0n) is 8.37. The Bertz CT molecular complexity index is 345. The van der Waals surface area contributed by atoms with Gasteiger partial charge in [-0.3, -0.25) is 0 Å². The fraction of sp³-hybridized carbons (Fsp3) is 0.571. The van der Waals surface area contributed by atoms with Gasteiger partial charge in [-0.25, -0.2) is 0 Å². The summed E-state index contributed by atoms with van der Waals surface area (Å²) in [5.74, 6) is -1.90. The second-order valence-corrected chi connectivity index (χ2v) is 5.04. The van der Waals surface area contributed by atoms with E-state index in [-0.39, 0.29) is 13.0 Å². The van der Waals surface area contributed by atoms with Crippen LogP contribution in [-0.2, 0) is 53.6 Å². The summed E-state index contributed by atoms with van der Waals surface area (Å²) in [7, 11) is 1.50. The first-order chi connectivity index (χ1) is 7.42. The zero-order chi connectivity index (χ0) is 12.7. The first-order valence-corrected chi connectivity index (χ1v) is 6.78. The van der Waals surface area contributed by atoms with Gasteiger partial charge in [-0.1, -0.05) is 0 Å². The van der Waals surface area contributed by atoms with Crippen LogP contribution in [0.2, 0.25) is 0 Å². The Balaban J connectivity index is 4.35. The van der Waals surface area contributed by atoms with Crippen molar-refractivity contribution in [2.45, 2.75) is 12.5 Å². The van der Waals surface area contributed by atoms with Gasteiger partial charge in [0.15, 0.2) is 0 Å². The number of likely N-dealkylation sites (N-methyl/N-ethyl adjacent to an activating group) is 1. The molecule has 0 rings (SSSR count). The zero-order valence-corrected chi connectivity index (χ0v) is 14.2. The Labute approximate surface area is 114 Å². The molecule has 16 heavy (non-hydrogen) atoms. The molecule has 1 unspecified atom stereocenters. The quantitative estimate of drug-likeness (QED) is 0.384. The Morgan fingerprint density at radius 2 is 2.06 bits per heavy atom. The fourth-order valence-corrected chi connectivity index (χ4v) is 1.81. The van der Waals surface area contributed by atoms with Crippen LogP contribution < -0.4 is 5.32 Å². The number of hydrogen-bond acceptors (Lipinski definition) is 4. The maximum atomic E-state index is 11.4. The van der Waals surface area contributed by atoms with Crippen molar-refractivity contribution in [3.8, 4) is 0 Å². The van der Waals surface area contributed by atoms with E-state index in [1.165, 1.54) is 10.1 Å². The summed E-state index contributed by atoms with van der Waals surface area (Å²) in [4.78, 5) is 33.0. The average molecular weight is 568 g/mol. The molecular formula is C7H10N3O4W2+. The monoisotopic (exact) mass is 568 g/mol. The molecule has 0 saturated heterocycles. The van der Waals surface area contributed by atoms with Crippen LogP contribution in [0.1, 0.15) is 6.42 Å². The van der Waals surface area contributed by atoms with Crippen molar-refractivity contribution in [3.05, 3.63) is 0 Å². The number of carboxylic acid groups (broad SMARTS) is 1. The SMILES string of the molecule is CNC(C[N+](=[W])C(=O)CC(=O)[N]=[W])C(=O)O. The molecule has 0 aromatic carbocycles. The number of amides is 2. The third-order valence-electron chi connectivity index (χ3n) is 1.68. The topological polar surface area (TPSA) is 98.8 Å². The number of nitrogens with zero attached hydrogens (tertiary/aromatic N) is 2. The van der Waals surface area contributed by atoms with Crippen LogP contribution in [-0.4, -0.2) is 45.6 Å². The van der Waals surface area contributed by atoms with E-state index < -0.39 is 23.8 Å². The maximum absolute atomic E-state index is 11.4. The van der Waals surface area contributed by atoms with Crippen molar-refractivity contribution in [1.29, 1.82) is 0 Å². The van der Waals surface area contributed by atoms with Gasteiger partial charge in [0, 0.05) is 0 Å². The Morgan fingerprint density at radius 3 is 2.44 bits per heavy atom. The molecule has 88 valence electrons. The molecular weight excluding hydrogens is 558 g/mol. The standard InChI is InChI=1S/C7H11N3O4.2W/c1-9-4(7(13)14)3-10-6(12)2-5(8)11;;/h4,9H,2-3H2,1H3,(H2,10,12,13,14);;/q;;+2/p-1. The predicted octanol–water partition coefficient (Wildman–Crippen LogP) is -1.42. The summed E-state index contributed by atoms with van der Waals surface area (Å²) in [5.41, 5.74) is 0. The summed E-state index contributed by atoms with van der Waals surface area (Å²) >= 11 is 1.55. The second kappa shape index (κ2) is 7.93. The van der Waals surface area contributed by atoms with Crippen LogP contribution in [0, 0.1) is 0 Å². The molecule has 0 spiro atoms. The molecule has 9 heteroatoms. The van der Waals surface area contributed by atoms with Gasteiger partial charge in [-0.15, -0.1) is 0 Å². The van der Waals surface area contributed by atoms with Crippen molar-refractivity contribution < 1.29 is 61.8 Å². The minimum absolute atomic E-state index is 0.0455. The number of rotatable bonds is 6. The van der Waals surface area contributed by atoms with E-state index in [1.54, 1.807) is 0 Å². The predicted molar refractivity (Wildman–Crippen MR) is 42.7 cm³/mol. The van der Waals surface area contributed by atoms with Crippen molar-refractivity contribution in [1.82, 2.24) is 5.32 Å². The van der Waals surface area contributed by atoms with Crippen molar-refractivity contribution in [2.24, 2.45) is 3.50 Å². The molecule has 1 atom stereocenters. The third-order valence-corrected chi connectivity index (χ3v) is 3.68. The van der Waals surface area contributed by atoms with Gasteiger partial charge in [0.05, 0.1) is 0 Å². The Morgan fingerprint density at radius 1 is 1.50 bits per heavy atom. The normalized spacial score (nSPS) is 11.6. The van der Waals surface area contributed by atoms with Crippen molar-refractivity contribution >= 4 is 17.8 Å². The number of hydrogen-bond donors (Lipinski definition) is 2. The summed E-state index contributed by atoms with van der Waals surface area (Å²) < 4.78 is 4.70. The second-order valence-electron chi connectivity index (χ2n) is 2.80. The minimum atomic E-state index is -1.03. The first kappa shape index (κ1) is 15.7. The molecule has 7 nitrogen and oxygen atoms in total. The molecule has 0 heterocycles. The van der Waals surface area contributed by atoms with Gasteiger partial charge in [0.25, 0.3) is 0 Å². The van der Waals surface area contributed by atoms with E-state index in [9.17, 15) is 14.4 Å². The van der Waals surface area contributed by atoms with Crippen molar-refractivity contribution in [3.63, 3.8) is 0 Å². The summed E-state index contributed by atoms with van der Waals surface area (Å²) in [6.07, 6.45) is -0.289. The van der Waals surface area contributed by atoms with E-state index in [2.05, 4.69) is 8.81 Å². The summed E-state index contributed by atoms with van der Waals surface area (Å²) in [6.45, 7) is 0.0455. The molecule has 0 aromatic heterocycles. The van der Waals surface area contributed by atoms with Crippen LogP contribution in [0.5, 0.6) is 0 Å². The van der Waals surface area contributed by atoms with Crippen LogP contribution in [0.4, 0.5) is 0 Å². The fourth-order valence-electron chi connectivity index (χ4n) is 0.810. The molecule has 0 saturated carbocycles. The van der Waals surface area contributed by atoms with Crippen molar-refractivity contribution in [2.75, 3.05) is 13.6 Å². The van der Waals surface area contributed by atoms with Gasteiger partial charge in [-0.05, 0) is 0 Å². The molecule has 0 bridgehead atoms. The Kier molecular flexibility index (Phi) is 7.80. The third kappa shape index (κ3) is 5.73. The number of aliphatic carboxylic acids is 1. The van der Waals surface area contributed by atoms with E-state index in [4.69, 9.17) is 5.11 Å². The van der Waals surface area contributed by atoms with Gasteiger partial charge in [0.1, 0.15) is 0 Å². The molecule has 0 fully saturated rings. The first-order valence-electron chi connectivity index (χ1n) is 4.16. The molecule has 0 aliphatic carbocycles. The van der Waals surface area contributed by atoms with Gasteiger partial charge in [0.2, 0.25) is 0 Å². The van der Waals surface area contributed by atoms with Crippen LogP contribution in [0.25, 0.3) is 0 Å². The van der Waals surface area contributed by atoms with Gasteiger partial charge >= 0.3 is 114 Å². The summed E-state index contributed by atoms with van der Waals surface area (Å²) in [5, 5.41) is 11.3. The number of carbonyl (C=O) groups is 3. The van der Waals surface area contributed by atoms with Gasteiger partial charge < -0.3 is 0 Å². The number of carboxylic acids is 1. The van der Waals surface area contributed by atoms with Crippen LogP contribution >= 0.6 is 0 Å². The average Bonchev–Trinajstić information content (AvgIpc) is 2.24. The molecule has 2 N–H and O–H groups in total. The number of nitrogens with one attached hydrogen (secondary N) is 1. The van der Waals surface area contributed by atoms with Crippen LogP contribution in [0.3, 0.4) is 0 Å². The van der Waals surface area contributed by atoms with E-state index in [0.717, 1.165) is 39.3 Å².